The molecule has 0 radical (unpaired) electrons. The van der Waals surface area contributed by atoms with Crippen molar-refractivity contribution in [3.63, 3.8) is 0 Å². The molecule has 0 atom stereocenters. The van der Waals surface area contributed by atoms with Gasteiger partial charge in [-0.1, -0.05) is 30.8 Å². The van der Waals surface area contributed by atoms with Crippen LogP contribution in [-0.2, 0) is 13.0 Å². The molecule has 0 bridgehead atoms. The van der Waals surface area contributed by atoms with Crippen molar-refractivity contribution in [2.45, 2.75) is 26.3 Å². The van der Waals surface area contributed by atoms with Gasteiger partial charge >= 0.3 is 6.01 Å². The van der Waals surface area contributed by atoms with Gasteiger partial charge < -0.3 is 25.4 Å². The van der Waals surface area contributed by atoms with Gasteiger partial charge in [-0.25, -0.2) is 0 Å². The molecule has 8 heteroatoms. The number of anilines is 2. The first kappa shape index (κ1) is 23.2. The first-order chi connectivity index (χ1) is 17.0. The highest BCUT2D eigenvalue weighted by atomic mass is 16.5. The second kappa shape index (κ2) is 10.00. The molecule has 8 nitrogen and oxygen atoms in total. The maximum Gasteiger partial charge on any atom is 0.318 e. The predicted molar refractivity (Wildman–Crippen MR) is 140 cm³/mol. The van der Waals surface area contributed by atoms with Crippen LogP contribution in [0.5, 0.6) is 11.8 Å². The summed E-state index contributed by atoms with van der Waals surface area (Å²) in [5, 5.41) is 12.4. The highest BCUT2D eigenvalue weighted by Gasteiger charge is 2.24. The molecular weight excluding hydrogens is 440 g/mol. The van der Waals surface area contributed by atoms with Crippen LogP contribution in [0.15, 0.2) is 48.7 Å². The highest BCUT2D eigenvalue weighted by molar-refractivity contribution is 5.95. The fourth-order valence-electron chi connectivity index (χ4n) is 5.05. The number of phenols is 1. The van der Waals surface area contributed by atoms with Crippen LogP contribution in [0.4, 0.5) is 11.5 Å². The molecule has 0 unspecified atom stereocenters. The third-order valence-electron chi connectivity index (χ3n) is 7.00. The highest BCUT2D eigenvalue weighted by Crippen LogP contribution is 2.35. The minimum absolute atomic E-state index is 0.261. The number of rotatable bonds is 7. The number of nitrogen functional groups attached to an aromatic ring is 1. The van der Waals surface area contributed by atoms with Gasteiger partial charge in [0.1, 0.15) is 11.6 Å². The lowest BCUT2D eigenvalue weighted by Crippen LogP contribution is -2.45. The largest absolute Gasteiger partial charge is 0.508 e. The number of hydrogen-bond acceptors (Lipinski definition) is 8. The monoisotopic (exact) mass is 474 g/mol. The predicted octanol–water partition coefficient (Wildman–Crippen LogP) is 3.40. The average Bonchev–Trinajstić information content (AvgIpc) is 2.86. The Kier molecular flexibility index (Phi) is 6.63. The number of benzene rings is 2. The quantitative estimate of drug-likeness (QED) is 0.504. The number of hydrogen-bond donors (Lipinski definition) is 2. The second-order valence-corrected chi connectivity index (χ2v) is 9.44. The number of allylic oxidation sites excluding steroid dienone is 1. The Hall–Kier alpha value is -3.52. The molecule has 3 aromatic rings. The van der Waals surface area contributed by atoms with E-state index in [1.165, 1.54) is 0 Å². The second-order valence-electron chi connectivity index (χ2n) is 9.44. The van der Waals surface area contributed by atoms with Crippen LogP contribution >= 0.6 is 0 Å². The number of nitrogens with zero attached hydrogens (tertiary/aromatic N) is 5. The summed E-state index contributed by atoms with van der Waals surface area (Å²) >= 11 is 0. The van der Waals surface area contributed by atoms with Crippen molar-refractivity contribution >= 4 is 22.3 Å². The Bertz CT molecular complexity index is 1220. The molecule has 1 saturated heterocycles. The van der Waals surface area contributed by atoms with Crippen molar-refractivity contribution in [3.8, 4) is 11.8 Å². The third-order valence-corrected chi connectivity index (χ3v) is 7.00. The van der Waals surface area contributed by atoms with Crippen LogP contribution in [0, 0.1) is 0 Å². The molecule has 0 saturated carbocycles. The summed E-state index contributed by atoms with van der Waals surface area (Å²) in [5.41, 5.74) is 10.3. The van der Waals surface area contributed by atoms with Crippen LogP contribution in [-0.4, -0.2) is 70.7 Å². The van der Waals surface area contributed by atoms with Crippen LogP contribution in [0.2, 0.25) is 0 Å². The summed E-state index contributed by atoms with van der Waals surface area (Å²) in [7, 11) is 0. The molecular formula is C27H34N6O2. The SMILES string of the molecule is C=C(C)N1CCN(CCCOc2nc(N)c3c(n2)CN(c2cc(O)cc4ccccc24)CC3)CC1. The summed E-state index contributed by atoms with van der Waals surface area (Å²) in [5.74, 6) is 0.762. The zero-order chi connectivity index (χ0) is 24.4. The van der Waals surface area contributed by atoms with Gasteiger partial charge in [-0.2, -0.15) is 9.97 Å². The van der Waals surface area contributed by atoms with E-state index in [0.717, 1.165) is 85.5 Å². The molecule has 0 aliphatic carbocycles. The number of ether oxygens (including phenoxy) is 1. The van der Waals surface area contributed by atoms with Crippen LogP contribution in [0.25, 0.3) is 10.8 Å². The van der Waals surface area contributed by atoms with Crippen LogP contribution in [0.1, 0.15) is 24.6 Å². The van der Waals surface area contributed by atoms with E-state index >= 15 is 0 Å². The molecule has 2 aliphatic heterocycles. The standard InChI is InChI=1S/C27H34N6O2/c1-19(2)32-13-11-31(12-14-32)9-5-15-35-27-29-24-18-33(10-8-23(24)26(28)30-27)25-17-21(34)16-20-6-3-4-7-22(20)25/h3-4,6-7,16-17,34H,1,5,8-15,18H2,2H3,(H2,28,29,30). The van der Waals surface area contributed by atoms with Gasteiger partial charge in [-0.15, -0.1) is 0 Å². The molecule has 3 heterocycles. The Labute approximate surface area is 206 Å². The third kappa shape index (κ3) is 5.12. The maximum atomic E-state index is 10.3. The van der Waals surface area contributed by atoms with E-state index in [1.54, 1.807) is 6.07 Å². The summed E-state index contributed by atoms with van der Waals surface area (Å²) < 4.78 is 5.92. The fraction of sp³-hybridized carbons (Fsp3) is 0.407. The lowest BCUT2D eigenvalue weighted by molar-refractivity contribution is 0.149. The smallest absolute Gasteiger partial charge is 0.318 e. The van der Waals surface area contributed by atoms with E-state index < -0.39 is 0 Å². The van der Waals surface area contributed by atoms with Gasteiger partial charge in [-0.05, 0) is 31.2 Å². The molecule has 35 heavy (non-hydrogen) atoms. The van der Waals surface area contributed by atoms with Crippen molar-refractivity contribution in [2.24, 2.45) is 0 Å². The van der Waals surface area contributed by atoms with Gasteiger partial charge in [-0.3, -0.25) is 4.90 Å². The van der Waals surface area contributed by atoms with Gasteiger partial charge in [0, 0.05) is 67.7 Å². The Balaban J connectivity index is 1.22. The molecule has 1 fully saturated rings. The normalized spacial score (nSPS) is 16.4. The van der Waals surface area contributed by atoms with Crippen molar-refractivity contribution in [3.05, 3.63) is 59.9 Å². The molecule has 1 aromatic heterocycles. The zero-order valence-electron chi connectivity index (χ0n) is 20.4. The summed E-state index contributed by atoms with van der Waals surface area (Å²) in [6, 6.07) is 12.1. The number of fused-ring (bicyclic) bond motifs is 2. The van der Waals surface area contributed by atoms with Gasteiger partial charge in [0.2, 0.25) is 0 Å². The zero-order valence-corrected chi connectivity index (χ0v) is 20.4. The van der Waals surface area contributed by atoms with Crippen molar-refractivity contribution in [1.29, 1.82) is 0 Å². The van der Waals surface area contributed by atoms with Crippen LogP contribution < -0.4 is 15.4 Å². The minimum Gasteiger partial charge on any atom is -0.508 e. The number of nitrogens with two attached hydrogens (primary N) is 1. The first-order valence-corrected chi connectivity index (χ1v) is 12.4. The number of phenolic OH excluding ortho intramolecular Hbond substituents is 1. The van der Waals surface area contributed by atoms with Crippen molar-refractivity contribution < 1.29 is 9.84 Å². The van der Waals surface area contributed by atoms with E-state index in [-0.39, 0.29) is 5.75 Å². The van der Waals surface area contributed by atoms with Gasteiger partial charge in [0.25, 0.3) is 0 Å². The fourth-order valence-corrected chi connectivity index (χ4v) is 5.05. The molecule has 2 aliphatic rings. The number of aromatic nitrogens is 2. The lowest BCUT2D eigenvalue weighted by atomic mass is 10.0. The van der Waals surface area contributed by atoms with E-state index in [4.69, 9.17) is 15.5 Å². The summed E-state index contributed by atoms with van der Waals surface area (Å²) in [6.45, 7) is 13.2. The maximum absolute atomic E-state index is 10.3. The van der Waals surface area contributed by atoms with Gasteiger partial charge in [0.15, 0.2) is 0 Å². The molecule has 3 N–H and O–H groups in total. The Morgan fingerprint density at radius 3 is 2.71 bits per heavy atom. The molecule has 0 spiro atoms. The first-order valence-electron chi connectivity index (χ1n) is 12.4. The van der Waals surface area contributed by atoms with Crippen molar-refractivity contribution in [1.82, 2.24) is 19.8 Å². The summed E-state index contributed by atoms with van der Waals surface area (Å²) in [6.07, 6.45) is 1.66. The van der Waals surface area contributed by atoms with Gasteiger partial charge in [0.05, 0.1) is 18.8 Å². The molecule has 2 aromatic carbocycles. The number of piperazine rings is 1. The number of aromatic hydroxyl groups is 1. The van der Waals surface area contributed by atoms with E-state index in [9.17, 15) is 5.11 Å². The average molecular weight is 475 g/mol. The Morgan fingerprint density at radius 1 is 1.11 bits per heavy atom. The minimum atomic E-state index is 0.261. The van der Waals surface area contributed by atoms with E-state index in [1.807, 2.05) is 24.3 Å². The molecule has 184 valence electrons. The summed E-state index contributed by atoms with van der Waals surface area (Å²) in [4.78, 5) is 16.2. The van der Waals surface area contributed by atoms with Crippen molar-refractivity contribution in [2.75, 3.05) is 56.5 Å². The van der Waals surface area contributed by atoms with E-state index in [2.05, 4.69) is 39.3 Å². The van der Waals surface area contributed by atoms with Crippen LogP contribution in [0.3, 0.4) is 0 Å². The van der Waals surface area contributed by atoms with E-state index in [0.29, 0.717) is 25.0 Å². The molecule has 0 amide bonds. The lowest BCUT2D eigenvalue weighted by Gasteiger charge is -2.36. The topological polar surface area (TPSA) is 91.0 Å². The molecule has 5 rings (SSSR count). The Morgan fingerprint density at radius 2 is 1.91 bits per heavy atom.